The molecule has 1 aliphatic carbocycles. The molecule has 3 nitrogen and oxygen atoms in total. The zero-order valence-electron chi connectivity index (χ0n) is 11.6. The van der Waals surface area contributed by atoms with Crippen molar-refractivity contribution in [2.24, 2.45) is 5.92 Å². The summed E-state index contributed by atoms with van der Waals surface area (Å²) >= 11 is 1.77. The monoisotopic (exact) mass is 283 g/mol. The number of amides is 1. The molecule has 2 fully saturated rings. The number of thioether (sulfide) groups is 1. The van der Waals surface area contributed by atoms with Crippen LogP contribution in [0.1, 0.15) is 38.5 Å². The molecule has 1 N–H and O–H groups in total. The Kier molecular flexibility index (Phi) is 5.34. The Balaban J connectivity index is 1.94. The minimum absolute atomic E-state index is 0.0316. The fraction of sp³-hybridized carbons (Fsp3) is 0.800. The van der Waals surface area contributed by atoms with Crippen molar-refractivity contribution < 1.29 is 9.90 Å². The lowest BCUT2D eigenvalue weighted by Crippen LogP contribution is -2.47. The van der Waals surface area contributed by atoms with E-state index in [-0.39, 0.29) is 5.91 Å². The third-order valence-electron chi connectivity index (χ3n) is 4.26. The Labute approximate surface area is 120 Å². The third-order valence-corrected chi connectivity index (χ3v) is 5.49. The van der Waals surface area contributed by atoms with E-state index in [0.717, 1.165) is 24.5 Å². The van der Waals surface area contributed by atoms with Gasteiger partial charge in [0.05, 0.1) is 12.1 Å². The molecule has 2 aliphatic rings. The summed E-state index contributed by atoms with van der Waals surface area (Å²) in [6, 6.07) is 0. The van der Waals surface area contributed by atoms with Gasteiger partial charge in [-0.3, -0.25) is 4.79 Å². The van der Waals surface area contributed by atoms with Crippen molar-refractivity contribution in [1.29, 1.82) is 0 Å². The van der Waals surface area contributed by atoms with E-state index in [0.29, 0.717) is 12.5 Å². The van der Waals surface area contributed by atoms with E-state index >= 15 is 0 Å². The van der Waals surface area contributed by atoms with Crippen LogP contribution in [-0.2, 0) is 4.79 Å². The van der Waals surface area contributed by atoms with Gasteiger partial charge in [0.25, 0.3) is 0 Å². The van der Waals surface area contributed by atoms with E-state index in [2.05, 4.69) is 6.58 Å². The summed E-state index contributed by atoms with van der Waals surface area (Å²) in [7, 11) is 0. The Morgan fingerprint density at radius 1 is 1.42 bits per heavy atom. The van der Waals surface area contributed by atoms with Gasteiger partial charge < -0.3 is 10.0 Å². The van der Waals surface area contributed by atoms with Gasteiger partial charge in [0.1, 0.15) is 0 Å². The van der Waals surface area contributed by atoms with E-state index in [9.17, 15) is 9.90 Å². The van der Waals surface area contributed by atoms with Crippen LogP contribution in [0.2, 0.25) is 0 Å². The van der Waals surface area contributed by atoms with Crippen LogP contribution in [-0.4, -0.2) is 46.1 Å². The van der Waals surface area contributed by atoms with Gasteiger partial charge in [-0.15, -0.1) is 0 Å². The lowest BCUT2D eigenvalue weighted by atomic mass is 9.88. The van der Waals surface area contributed by atoms with Crippen molar-refractivity contribution >= 4 is 17.7 Å². The summed E-state index contributed by atoms with van der Waals surface area (Å²) in [6.45, 7) is 4.86. The Morgan fingerprint density at radius 3 is 2.74 bits per heavy atom. The zero-order valence-corrected chi connectivity index (χ0v) is 12.5. The molecule has 1 atom stereocenters. The quantitative estimate of drug-likeness (QED) is 0.788. The van der Waals surface area contributed by atoms with Gasteiger partial charge in [0.2, 0.25) is 5.91 Å². The molecule has 0 aromatic carbocycles. The molecule has 19 heavy (non-hydrogen) atoms. The van der Waals surface area contributed by atoms with Gasteiger partial charge in [-0.1, -0.05) is 25.8 Å². The molecule has 0 spiro atoms. The second-order valence-electron chi connectivity index (χ2n) is 5.95. The van der Waals surface area contributed by atoms with Crippen molar-refractivity contribution in [3.05, 3.63) is 12.7 Å². The highest BCUT2D eigenvalue weighted by Crippen LogP contribution is 2.30. The number of carbonyl (C=O) groups excluding carboxylic acids is 1. The molecular weight excluding hydrogens is 258 g/mol. The molecular formula is C15H25NO2S. The molecule has 108 valence electrons. The van der Waals surface area contributed by atoms with Gasteiger partial charge in [-0.2, -0.15) is 11.8 Å². The first-order valence-corrected chi connectivity index (χ1v) is 8.50. The van der Waals surface area contributed by atoms with E-state index in [4.69, 9.17) is 0 Å². The van der Waals surface area contributed by atoms with Gasteiger partial charge in [0, 0.05) is 12.3 Å². The Hall–Kier alpha value is -0.480. The Morgan fingerprint density at radius 2 is 2.16 bits per heavy atom. The number of carbonyl (C=O) groups is 1. The highest BCUT2D eigenvalue weighted by Gasteiger charge is 2.35. The third kappa shape index (κ3) is 4.25. The lowest BCUT2D eigenvalue weighted by Gasteiger charge is -2.34. The van der Waals surface area contributed by atoms with E-state index < -0.39 is 5.60 Å². The van der Waals surface area contributed by atoms with Gasteiger partial charge in [-0.25, -0.2) is 0 Å². The summed E-state index contributed by atoms with van der Waals surface area (Å²) in [6.07, 6.45) is 8.49. The fourth-order valence-corrected chi connectivity index (χ4v) is 4.40. The lowest BCUT2D eigenvalue weighted by molar-refractivity contribution is -0.130. The molecule has 0 aromatic heterocycles. The van der Waals surface area contributed by atoms with Crippen molar-refractivity contribution in [3.63, 3.8) is 0 Å². The van der Waals surface area contributed by atoms with E-state index in [1.54, 1.807) is 11.8 Å². The van der Waals surface area contributed by atoms with Crippen molar-refractivity contribution in [3.8, 4) is 0 Å². The van der Waals surface area contributed by atoms with Gasteiger partial charge in [0.15, 0.2) is 0 Å². The Bertz CT molecular complexity index is 320. The highest BCUT2D eigenvalue weighted by atomic mass is 32.2. The second kappa shape index (κ2) is 6.80. The number of hydrogen-bond acceptors (Lipinski definition) is 3. The molecule has 1 heterocycles. The summed E-state index contributed by atoms with van der Waals surface area (Å²) in [5, 5.41) is 10.5. The van der Waals surface area contributed by atoms with Crippen LogP contribution in [0.5, 0.6) is 0 Å². The minimum atomic E-state index is -0.683. The van der Waals surface area contributed by atoms with Crippen molar-refractivity contribution in [2.45, 2.75) is 44.1 Å². The van der Waals surface area contributed by atoms with Crippen LogP contribution in [0.15, 0.2) is 12.7 Å². The van der Waals surface area contributed by atoms with E-state index in [1.165, 1.54) is 38.2 Å². The van der Waals surface area contributed by atoms with Crippen molar-refractivity contribution in [1.82, 2.24) is 4.90 Å². The summed E-state index contributed by atoms with van der Waals surface area (Å²) < 4.78 is 0. The molecule has 0 aromatic rings. The first kappa shape index (κ1) is 14.9. The predicted octanol–water partition coefficient (Wildman–Crippen LogP) is 2.45. The molecule has 1 saturated heterocycles. The second-order valence-corrected chi connectivity index (χ2v) is 7.06. The average Bonchev–Trinajstić information content (AvgIpc) is 2.85. The van der Waals surface area contributed by atoms with Crippen LogP contribution in [0, 0.1) is 5.92 Å². The SMILES string of the molecule is C=CC(=O)N(CC1CCCCC1)CC1(O)CCSC1. The van der Waals surface area contributed by atoms with Gasteiger partial charge >= 0.3 is 0 Å². The van der Waals surface area contributed by atoms with Crippen molar-refractivity contribution in [2.75, 3.05) is 24.6 Å². The fourth-order valence-electron chi connectivity index (χ4n) is 3.12. The molecule has 2 rings (SSSR count). The molecule has 1 unspecified atom stereocenters. The van der Waals surface area contributed by atoms with Crippen LogP contribution in [0.25, 0.3) is 0 Å². The van der Waals surface area contributed by atoms with Crippen LogP contribution in [0.4, 0.5) is 0 Å². The first-order chi connectivity index (χ1) is 9.13. The number of aliphatic hydroxyl groups is 1. The average molecular weight is 283 g/mol. The number of nitrogens with zero attached hydrogens (tertiary/aromatic N) is 1. The van der Waals surface area contributed by atoms with Gasteiger partial charge in [-0.05, 0) is 37.0 Å². The summed E-state index contributed by atoms with van der Waals surface area (Å²) in [5.41, 5.74) is -0.683. The topological polar surface area (TPSA) is 40.5 Å². The first-order valence-electron chi connectivity index (χ1n) is 7.34. The molecule has 4 heteroatoms. The largest absolute Gasteiger partial charge is 0.387 e. The summed E-state index contributed by atoms with van der Waals surface area (Å²) in [4.78, 5) is 13.8. The van der Waals surface area contributed by atoms with Crippen LogP contribution in [0.3, 0.4) is 0 Å². The highest BCUT2D eigenvalue weighted by molar-refractivity contribution is 7.99. The maximum absolute atomic E-state index is 12.0. The van der Waals surface area contributed by atoms with E-state index in [1.807, 2.05) is 4.90 Å². The maximum Gasteiger partial charge on any atom is 0.246 e. The molecule has 1 saturated carbocycles. The number of rotatable bonds is 5. The molecule has 0 radical (unpaired) electrons. The normalized spacial score (nSPS) is 28.3. The van der Waals surface area contributed by atoms with Crippen LogP contribution < -0.4 is 0 Å². The number of hydrogen-bond donors (Lipinski definition) is 1. The standard InChI is InChI=1S/C15H25NO2S/c1-2-14(17)16(10-13-6-4-3-5-7-13)11-15(18)8-9-19-12-15/h2,13,18H,1,3-12H2. The minimum Gasteiger partial charge on any atom is -0.387 e. The molecule has 0 bridgehead atoms. The zero-order chi connectivity index (χ0) is 13.7. The smallest absolute Gasteiger partial charge is 0.246 e. The molecule has 1 aliphatic heterocycles. The maximum atomic E-state index is 12.0. The molecule has 1 amide bonds. The predicted molar refractivity (Wildman–Crippen MR) is 80.2 cm³/mol. The van der Waals surface area contributed by atoms with Crippen LogP contribution >= 0.6 is 11.8 Å². The summed E-state index contributed by atoms with van der Waals surface area (Å²) in [5.74, 6) is 2.32.